The van der Waals surface area contributed by atoms with Gasteiger partial charge in [-0.2, -0.15) is 0 Å². The lowest BCUT2D eigenvalue weighted by Crippen LogP contribution is -3.00. The van der Waals surface area contributed by atoms with Gasteiger partial charge in [0.25, 0.3) is 5.01 Å². The van der Waals surface area contributed by atoms with Gasteiger partial charge in [0.15, 0.2) is 11.6 Å². The lowest BCUT2D eigenvalue weighted by atomic mass is 9.85. The van der Waals surface area contributed by atoms with Gasteiger partial charge in [-0.15, -0.1) is 0 Å². The van der Waals surface area contributed by atoms with Gasteiger partial charge in [0.1, 0.15) is 0 Å². The molecular weight excluding hydrogens is 284 g/mol. The van der Waals surface area contributed by atoms with E-state index in [1.807, 2.05) is 11.3 Å². The molecule has 1 saturated carbocycles. The minimum absolute atomic E-state index is 0. The Morgan fingerprint density at radius 2 is 2.00 bits per heavy atom. The number of hydrogen-bond donors (Lipinski definition) is 0. The summed E-state index contributed by atoms with van der Waals surface area (Å²) in [7, 11) is 0. The highest BCUT2D eigenvalue weighted by Crippen LogP contribution is 2.28. The Hall–Kier alpha value is 0.0400. The normalized spacial score (nSPS) is 16.8. The van der Waals surface area contributed by atoms with Crippen LogP contribution < -0.4 is 21.7 Å². The van der Waals surface area contributed by atoms with E-state index in [2.05, 4.69) is 32.4 Å². The molecule has 92 valence electrons. The number of rotatable bonds is 2. The lowest BCUT2D eigenvalue weighted by Gasteiger charge is -2.20. The maximum atomic E-state index is 4.74. The van der Waals surface area contributed by atoms with Crippen LogP contribution in [0.5, 0.6) is 0 Å². The van der Waals surface area contributed by atoms with Crippen LogP contribution in [0.25, 0.3) is 0 Å². The van der Waals surface area contributed by atoms with Gasteiger partial charge in [0, 0.05) is 23.4 Å². The van der Waals surface area contributed by atoms with Gasteiger partial charge in [-0.25, -0.2) is 0 Å². The fraction of sp³-hybridized carbons (Fsp3) is 0.833. The summed E-state index contributed by atoms with van der Waals surface area (Å²) in [6.07, 6.45) is 4.21. The van der Waals surface area contributed by atoms with Crippen LogP contribution in [0.2, 0.25) is 0 Å². The average molecular weight is 305 g/mol. The van der Waals surface area contributed by atoms with E-state index in [4.69, 9.17) is 5.10 Å². The molecule has 0 atom stereocenters. The largest absolute Gasteiger partial charge is 1.00 e. The van der Waals surface area contributed by atoms with E-state index in [-0.39, 0.29) is 22.4 Å². The van der Waals surface area contributed by atoms with Gasteiger partial charge < -0.3 is 17.0 Å². The summed E-state index contributed by atoms with van der Waals surface area (Å²) < 4.78 is 2.22. The third-order valence-electron chi connectivity index (χ3n) is 3.12. The van der Waals surface area contributed by atoms with Gasteiger partial charge >= 0.3 is 0 Å². The smallest absolute Gasteiger partial charge is 0.262 e. The topological polar surface area (TPSA) is 16.8 Å². The summed E-state index contributed by atoms with van der Waals surface area (Å²) >= 11 is 1.85. The van der Waals surface area contributed by atoms with Crippen molar-refractivity contribution in [1.29, 1.82) is 0 Å². The first-order chi connectivity index (χ1) is 6.97. The van der Waals surface area contributed by atoms with Crippen LogP contribution in [0.1, 0.15) is 50.0 Å². The molecule has 1 fully saturated rings. The lowest BCUT2D eigenvalue weighted by molar-refractivity contribution is -0.761. The van der Waals surface area contributed by atoms with Crippen LogP contribution in [0, 0.1) is 12.8 Å². The zero-order chi connectivity index (χ0) is 11.1. The predicted octanol–water partition coefficient (Wildman–Crippen LogP) is -0.159. The molecule has 0 N–H and O–H groups in total. The molecule has 0 spiro atoms. The van der Waals surface area contributed by atoms with E-state index in [1.165, 1.54) is 29.3 Å². The number of hydrogen-bond acceptors (Lipinski definition) is 2. The van der Waals surface area contributed by atoms with Crippen molar-refractivity contribution >= 4 is 11.3 Å². The van der Waals surface area contributed by atoms with Crippen LogP contribution >= 0.6 is 11.3 Å². The minimum atomic E-state index is 0. The molecule has 0 radical (unpaired) electrons. The molecule has 1 heterocycles. The van der Waals surface area contributed by atoms with Crippen molar-refractivity contribution in [2.45, 2.75) is 58.9 Å². The summed E-state index contributed by atoms with van der Waals surface area (Å²) in [5.41, 5.74) is 0.195. The Bertz CT molecular complexity index is 350. The Labute approximate surface area is 113 Å². The van der Waals surface area contributed by atoms with Crippen LogP contribution in [0.15, 0.2) is 0 Å². The van der Waals surface area contributed by atoms with Crippen molar-refractivity contribution in [3.63, 3.8) is 0 Å². The molecule has 2 rings (SSSR count). The minimum Gasteiger partial charge on any atom is -1.00 e. The van der Waals surface area contributed by atoms with Gasteiger partial charge in [0.05, 0.1) is 0 Å². The van der Waals surface area contributed by atoms with Gasteiger partial charge in [-0.1, -0.05) is 31.9 Å². The second-order valence-corrected chi connectivity index (χ2v) is 6.84. The number of halogens is 1. The van der Waals surface area contributed by atoms with Gasteiger partial charge in [-0.05, 0) is 24.2 Å². The first kappa shape index (κ1) is 14.1. The third kappa shape index (κ3) is 3.04. The quantitative estimate of drug-likeness (QED) is 0.694. The van der Waals surface area contributed by atoms with Gasteiger partial charge in [-0.3, -0.25) is 0 Å². The van der Waals surface area contributed by atoms with E-state index in [9.17, 15) is 0 Å². The number of aryl methyl sites for hydroxylation is 1. The fourth-order valence-corrected chi connectivity index (χ4v) is 2.73. The summed E-state index contributed by atoms with van der Waals surface area (Å²) in [5, 5.41) is 7.35. The molecule has 0 aliphatic heterocycles. The van der Waals surface area contributed by atoms with E-state index in [0.29, 0.717) is 0 Å². The van der Waals surface area contributed by atoms with Crippen molar-refractivity contribution in [3.05, 3.63) is 10.0 Å². The molecule has 0 unspecified atom stereocenters. The first-order valence-electron chi connectivity index (χ1n) is 5.85. The molecule has 0 amide bonds. The zero-order valence-electron chi connectivity index (χ0n) is 10.6. The highest BCUT2D eigenvalue weighted by molar-refractivity contribution is 7.11. The second-order valence-electron chi connectivity index (χ2n) is 5.66. The average Bonchev–Trinajstić information content (AvgIpc) is 2.39. The molecule has 4 heteroatoms. The van der Waals surface area contributed by atoms with Crippen LogP contribution in [0.3, 0.4) is 0 Å². The predicted molar refractivity (Wildman–Crippen MR) is 63.1 cm³/mol. The molecule has 0 bridgehead atoms. The molecule has 1 aromatic rings. The summed E-state index contributed by atoms with van der Waals surface area (Å²) in [6, 6.07) is 0. The van der Waals surface area contributed by atoms with Crippen LogP contribution in [-0.2, 0) is 12.0 Å². The third-order valence-corrected chi connectivity index (χ3v) is 4.51. The summed E-state index contributed by atoms with van der Waals surface area (Å²) in [6.45, 7) is 10.0. The Morgan fingerprint density at radius 1 is 1.38 bits per heavy atom. The molecule has 2 nitrogen and oxygen atoms in total. The SMILES string of the molecule is Cc1sc(C(C)(C)C)n[n+]1CC1CCC1.[Br-]. The number of nitrogens with zero attached hydrogens (tertiary/aromatic N) is 2. The van der Waals surface area contributed by atoms with E-state index in [1.54, 1.807) is 0 Å². The van der Waals surface area contributed by atoms with Crippen molar-refractivity contribution in [1.82, 2.24) is 5.10 Å². The number of aromatic nitrogens is 2. The summed E-state index contributed by atoms with van der Waals surface area (Å²) in [4.78, 5) is 0. The molecular formula is C12H21BrN2S. The highest BCUT2D eigenvalue weighted by atomic mass is 79.9. The standard InChI is InChI=1S/C12H21N2S.BrH/c1-9-14(8-10-6-5-7-10)13-11(15-9)12(2,3)4;/h10H,5-8H2,1-4H3;1H/q+1;/p-1. The maximum absolute atomic E-state index is 4.74. The maximum Gasteiger partial charge on any atom is 0.262 e. The van der Waals surface area contributed by atoms with Crippen LogP contribution in [-0.4, -0.2) is 5.10 Å². The molecule has 0 aromatic carbocycles. The van der Waals surface area contributed by atoms with Crippen LogP contribution in [0.4, 0.5) is 0 Å². The molecule has 1 aliphatic rings. The molecule has 1 aliphatic carbocycles. The van der Waals surface area contributed by atoms with E-state index < -0.39 is 0 Å². The molecule has 0 saturated heterocycles. The van der Waals surface area contributed by atoms with E-state index >= 15 is 0 Å². The van der Waals surface area contributed by atoms with Gasteiger partial charge in [0.2, 0.25) is 0 Å². The van der Waals surface area contributed by atoms with Crippen molar-refractivity contribution in [2.24, 2.45) is 5.92 Å². The monoisotopic (exact) mass is 304 g/mol. The second kappa shape index (κ2) is 5.13. The summed E-state index contributed by atoms with van der Waals surface area (Å²) in [5.74, 6) is 0.892. The Morgan fingerprint density at radius 3 is 2.38 bits per heavy atom. The highest BCUT2D eigenvalue weighted by Gasteiger charge is 2.29. The Balaban J connectivity index is 0.00000128. The fourth-order valence-electron chi connectivity index (χ4n) is 1.79. The Kier molecular flexibility index (Phi) is 4.52. The molecule has 1 aromatic heterocycles. The van der Waals surface area contributed by atoms with Crippen molar-refractivity contribution < 1.29 is 21.7 Å². The van der Waals surface area contributed by atoms with Crippen molar-refractivity contribution in [3.8, 4) is 0 Å². The molecule has 16 heavy (non-hydrogen) atoms. The first-order valence-corrected chi connectivity index (χ1v) is 6.66. The zero-order valence-corrected chi connectivity index (χ0v) is 13.0. The van der Waals surface area contributed by atoms with Crippen molar-refractivity contribution in [2.75, 3.05) is 0 Å². The van der Waals surface area contributed by atoms with E-state index in [0.717, 1.165) is 12.5 Å².